The molecule has 0 atom stereocenters. The maximum atomic E-state index is 8.99. The topological polar surface area (TPSA) is 35.5 Å². The maximum Gasteiger partial charge on any atom is 0.0606 e. The van der Waals surface area contributed by atoms with Gasteiger partial charge in [-0.3, -0.25) is 0 Å². The van der Waals surface area contributed by atoms with Gasteiger partial charge in [0, 0.05) is 31.4 Å². The van der Waals surface area contributed by atoms with Crippen molar-refractivity contribution in [1.82, 2.24) is 5.32 Å². The minimum Gasteiger partial charge on any atom is -0.395 e. The number of rotatable bonds is 5. The van der Waals surface area contributed by atoms with E-state index in [1.807, 2.05) is 13.1 Å². The molecule has 0 heterocycles. The highest BCUT2D eigenvalue weighted by atomic mass is 16.3. The van der Waals surface area contributed by atoms with Crippen LogP contribution < -0.4 is 10.2 Å². The summed E-state index contributed by atoms with van der Waals surface area (Å²) in [6.45, 7) is 8.16. The van der Waals surface area contributed by atoms with E-state index in [4.69, 9.17) is 5.11 Å². The van der Waals surface area contributed by atoms with E-state index in [-0.39, 0.29) is 12.1 Å². The lowest BCUT2D eigenvalue weighted by Gasteiger charge is -2.25. The molecule has 0 spiro atoms. The number of nitrogens with one attached hydrogen (secondary N) is 1. The molecule has 0 unspecified atom stereocenters. The first-order valence-electron chi connectivity index (χ1n) is 6.09. The smallest absolute Gasteiger partial charge is 0.0606 e. The van der Waals surface area contributed by atoms with Gasteiger partial charge >= 0.3 is 0 Å². The van der Waals surface area contributed by atoms with Crippen LogP contribution in [0.15, 0.2) is 24.3 Å². The summed E-state index contributed by atoms with van der Waals surface area (Å²) in [6.07, 6.45) is 0. The quantitative estimate of drug-likeness (QED) is 0.821. The number of benzene rings is 1. The van der Waals surface area contributed by atoms with Gasteiger partial charge in [-0.15, -0.1) is 0 Å². The highest BCUT2D eigenvalue weighted by Crippen LogP contribution is 2.19. The molecule has 3 heteroatoms. The van der Waals surface area contributed by atoms with Crippen molar-refractivity contribution >= 4 is 5.69 Å². The van der Waals surface area contributed by atoms with Crippen LogP contribution in [0.4, 0.5) is 5.69 Å². The molecule has 0 radical (unpaired) electrons. The van der Waals surface area contributed by atoms with Crippen molar-refractivity contribution in [2.75, 3.05) is 25.1 Å². The number of nitrogens with zero attached hydrogens (tertiary/aromatic N) is 1. The summed E-state index contributed by atoms with van der Waals surface area (Å²) in [5, 5.41) is 12.5. The Labute approximate surface area is 104 Å². The molecule has 1 rings (SSSR count). The van der Waals surface area contributed by atoms with Crippen LogP contribution >= 0.6 is 0 Å². The Kier molecular flexibility index (Phi) is 4.97. The zero-order chi connectivity index (χ0) is 12.9. The second kappa shape index (κ2) is 6.03. The Bertz CT molecular complexity index is 344. The van der Waals surface area contributed by atoms with Crippen LogP contribution in [-0.2, 0) is 6.54 Å². The monoisotopic (exact) mass is 236 g/mol. The Morgan fingerprint density at radius 1 is 1.24 bits per heavy atom. The van der Waals surface area contributed by atoms with Crippen LogP contribution in [0.2, 0.25) is 0 Å². The number of aliphatic hydroxyl groups is 1. The van der Waals surface area contributed by atoms with Gasteiger partial charge in [0.25, 0.3) is 0 Å². The van der Waals surface area contributed by atoms with Crippen LogP contribution in [0.25, 0.3) is 0 Å². The molecule has 0 aliphatic heterocycles. The molecule has 0 aromatic heterocycles. The minimum absolute atomic E-state index is 0.114. The van der Waals surface area contributed by atoms with Crippen molar-refractivity contribution in [3.8, 4) is 0 Å². The third-order valence-electron chi connectivity index (χ3n) is 2.65. The highest BCUT2D eigenvalue weighted by Gasteiger charge is 2.11. The molecule has 0 aliphatic rings. The van der Waals surface area contributed by atoms with Gasteiger partial charge in [-0.1, -0.05) is 18.2 Å². The van der Waals surface area contributed by atoms with Crippen molar-refractivity contribution in [2.24, 2.45) is 0 Å². The standard InChI is InChI=1S/C14H24N2O/c1-14(2,3)15-11-12-7-5-6-8-13(12)16(4)9-10-17/h5-8,15,17H,9-11H2,1-4H3. The Morgan fingerprint density at radius 2 is 1.88 bits per heavy atom. The van der Waals surface area contributed by atoms with Gasteiger partial charge < -0.3 is 15.3 Å². The van der Waals surface area contributed by atoms with E-state index in [2.05, 4.69) is 49.2 Å². The Morgan fingerprint density at radius 3 is 2.47 bits per heavy atom. The molecule has 2 N–H and O–H groups in total. The number of likely N-dealkylation sites (N-methyl/N-ethyl adjacent to an activating group) is 1. The average Bonchev–Trinajstić information content (AvgIpc) is 2.26. The van der Waals surface area contributed by atoms with E-state index in [0.29, 0.717) is 6.54 Å². The summed E-state index contributed by atoms with van der Waals surface area (Å²) >= 11 is 0. The van der Waals surface area contributed by atoms with Crippen molar-refractivity contribution in [3.05, 3.63) is 29.8 Å². The summed E-state index contributed by atoms with van der Waals surface area (Å²) in [6, 6.07) is 8.30. The van der Waals surface area contributed by atoms with Gasteiger partial charge in [-0.25, -0.2) is 0 Å². The molecule has 3 nitrogen and oxygen atoms in total. The van der Waals surface area contributed by atoms with E-state index >= 15 is 0 Å². The van der Waals surface area contributed by atoms with Crippen molar-refractivity contribution in [3.63, 3.8) is 0 Å². The van der Waals surface area contributed by atoms with Crippen LogP contribution in [-0.4, -0.2) is 30.8 Å². The number of para-hydroxylation sites is 1. The van der Waals surface area contributed by atoms with Crippen molar-refractivity contribution in [1.29, 1.82) is 0 Å². The van der Waals surface area contributed by atoms with Gasteiger partial charge in [-0.05, 0) is 32.4 Å². The van der Waals surface area contributed by atoms with Gasteiger partial charge in [0.05, 0.1) is 6.61 Å². The second-order valence-electron chi connectivity index (χ2n) is 5.38. The van der Waals surface area contributed by atoms with Gasteiger partial charge in [-0.2, -0.15) is 0 Å². The maximum absolute atomic E-state index is 8.99. The zero-order valence-corrected chi connectivity index (χ0v) is 11.3. The molecular weight excluding hydrogens is 212 g/mol. The summed E-state index contributed by atoms with van der Waals surface area (Å²) in [4.78, 5) is 2.08. The fourth-order valence-electron chi connectivity index (χ4n) is 1.66. The van der Waals surface area contributed by atoms with Crippen LogP contribution in [0, 0.1) is 0 Å². The molecular formula is C14H24N2O. The first kappa shape index (κ1) is 14.0. The largest absolute Gasteiger partial charge is 0.395 e. The second-order valence-corrected chi connectivity index (χ2v) is 5.38. The van der Waals surface area contributed by atoms with Gasteiger partial charge in [0.1, 0.15) is 0 Å². The average molecular weight is 236 g/mol. The zero-order valence-electron chi connectivity index (χ0n) is 11.3. The van der Waals surface area contributed by atoms with Crippen molar-refractivity contribution in [2.45, 2.75) is 32.9 Å². The van der Waals surface area contributed by atoms with E-state index in [0.717, 1.165) is 6.54 Å². The summed E-state index contributed by atoms with van der Waals surface area (Å²) < 4.78 is 0. The first-order valence-corrected chi connectivity index (χ1v) is 6.09. The number of anilines is 1. The molecule has 1 aromatic carbocycles. The van der Waals surface area contributed by atoms with Crippen LogP contribution in [0.5, 0.6) is 0 Å². The Hall–Kier alpha value is -1.06. The fraction of sp³-hybridized carbons (Fsp3) is 0.571. The lowest BCUT2D eigenvalue weighted by atomic mass is 10.1. The van der Waals surface area contributed by atoms with Gasteiger partial charge in [0.2, 0.25) is 0 Å². The summed E-state index contributed by atoms with van der Waals surface area (Å²) in [5.41, 5.74) is 2.56. The predicted molar refractivity (Wildman–Crippen MR) is 73.4 cm³/mol. The highest BCUT2D eigenvalue weighted by molar-refractivity contribution is 5.53. The predicted octanol–water partition coefficient (Wildman–Crippen LogP) is 2.00. The van der Waals surface area contributed by atoms with Crippen LogP contribution in [0.1, 0.15) is 26.3 Å². The first-order chi connectivity index (χ1) is 7.94. The van der Waals surface area contributed by atoms with E-state index in [1.54, 1.807) is 0 Å². The Balaban J connectivity index is 2.77. The van der Waals surface area contributed by atoms with Crippen molar-refractivity contribution < 1.29 is 5.11 Å². The number of hydrogen-bond donors (Lipinski definition) is 2. The molecule has 0 saturated carbocycles. The van der Waals surface area contributed by atoms with Crippen LogP contribution in [0.3, 0.4) is 0 Å². The van der Waals surface area contributed by atoms with E-state index in [1.165, 1.54) is 11.3 Å². The molecule has 0 amide bonds. The third kappa shape index (κ3) is 4.75. The fourth-order valence-corrected chi connectivity index (χ4v) is 1.66. The summed E-state index contributed by atoms with van der Waals surface area (Å²) in [7, 11) is 2.01. The normalized spacial score (nSPS) is 11.6. The molecule has 1 aromatic rings. The van der Waals surface area contributed by atoms with Gasteiger partial charge in [0.15, 0.2) is 0 Å². The lowest BCUT2D eigenvalue weighted by molar-refractivity contribution is 0.304. The molecule has 0 bridgehead atoms. The van der Waals surface area contributed by atoms with E-state index < -0.39 is 0 Å². The molecule has 96 valence electrons. The molecule has 17 heavy (non-hydrogen) atoms. The number of aliphatic hydroxyl groups excluding tert-OH is 1. The summed E-state index contributed by atoms with van der Waals surface area (Å²) in [5.74, 6) is 0. The lowest BCUT2D eigenvalue weighted by Crippen LogP contribution is -2.35. The minimum atomic E-state index is 0.114. The SMILES string of the molecule is CN(CCO)c1ccccc1CNC(C)(C)C. The number of hydrogen-bond acceptors (Lipinski definition) is 3. The molecule has 0 fully saturated rings. The molecule has 0 saturated heterocycles. The van der Waals surface area contributed by atoms with E-state index in [9.17, 15) is 0 Å². The third-order valence-corrected chi connectivity index (χ3v) is 2.65. The molecule has 0 aliphatic carbocycles.